The number of aromatic nitrogens is 3. The van der Waals surface area contributed by atoms with Gasteiger partial charge < -0.3 is 4.42 Å². The molecule has 5 nitrogen and oxygen atoms in total. The second-order valence-electron chi connectivity index (χ2n) is 6.30. The van der Waals surface area contributed by atoms with E-state index in [1.165, 1.54) is 0 Å². The Balaban J connectivity index is 1.59. The molecule has 4 aromatic rings. The SMILES string of the molecule is O=C(Cc1nc2cccc(-c3ccc4occc4c3)n2n1)C1CC1. The van der Waals surface area contributed by atoms with Gasteiger partial charge in [0.2, 0.25) is 0 Å². The minimum atomic E-state index is 0.236. The molecule has 0 amide bonds. The van der Waals surface area contributed by atoms with Crippen molar-refractivity contribution in [1.29, 1.82) is 0 Å². The second kappa shape index (κ2) is 5.03. The lowest BCUT2D eigenvalue weighted by Crippen LogP contribution is -2.06. The Kier molecular flexibility index (Phi) is 2.82. The third-order valence-corrected chi connectivity index (χ3v) is 4.52. The number of Topliss-reactive ketones (excluding diaryl/α,β-unsaturated/α-hetero) is 1. The van der Waals surface area contributed by atoms with E-state index in [-0.39, 0.29) is 11.7 Å². The van der Waals surface area contributed by atoms with Gasteiger partial charge in [0.25, 0.3) is 0 Å². The predicted molar refractivity (Wildman–Crippen MR) is 89.6 cm³/mol. The molecule has 0 bridgehead atoms. The summed E-state index contributed by atoms with van der Waals surface area (Å²) in [5.74, 6) is 1.09. The average Bonchev–Trinajstić information content (AvgIpc) is 3.20. The number of carbonyl (C=O) groups is 1. The molecule has 0 atom stereocenters. The van der Waals surface area contributed by atoms with Gasteiger partial charge >= 0.3 is 0 Å². The molecule has 3 heterocycles. The van der Waals surface area contributed by atoms with Crippen LogP contribution in [-0.4, -0.2) is 20.4 Å². The highest BCUT2D eigenvalue weighted by molar-refractivity contribution is 5.85. The number of furan rings is 1. The summed E-state index contributed by atoms with van der Waals surface area (Å²) in [7, 11) is 0. The summed E-state index contributed by atoms with van der Waals surface area (Å²) in [6.45, 7) is 0. The summed E-state index contributed by atoms with van der Waals surface area (Å²) in [6, 6.07) is 13.9. The van der Waals surface area contributed by atoms with Gasteiger partial charge in [-0.1, -0.05) is 6.07 Å². The molecule has 5 rings (SSSR count). The molecule has 0 aliphatic heterocycles. The van der Waals surface area contributed by atoms with E-state index >= 15 is 0 Å². The molecular formula is C19H15N3O2. The maximum absolute atomic E-state index is 12.0. The minimum absolute atomic E-state index is 0.236. The zero-order chi connectivity index (χ0) is 16.1. The monoisotopic (exact) mass is 317 g/mol. The van der Waals surface area contributed by atoms with Crippen LogP contribution < -0.4 is 0 Å². The molecule has 0 radical (unpaired) electrons. The van der Waals surface area contributed by atoms with Crippen molar-refractivity contribution in [2.24, 2.45) is 5.92 Å². The fraction of sp³-hybridized carbons (Fsp3) is 0.211. The summed E-state index contributed by atoms with van der Waals surface area (Å²) in [4.78, 5) is 16.5. The lowest BCUT2D eigenvalue weighted by Gasteiger charge is -2.04. The first-order valence-electron chi connectivity index (χ1n) is 8.13. The molecule has 1 aliphatic carbocycles. The zero-order valence-electron chi connectivity index (χ0n) is 13.0. The highest BCUT2D eigenvalue weighted by Gasteiger charge is 2.30. The summed E-state index contributed by atoms with van der Waals surface area (Å²) in [6.07, 6.45) is 4.04. The molecule has 24 heavy (non-hydrogen) atoms. The Labute approximate surface area is 137 Å². The van der Waals surface area contributed by atoms with Gasteiger partial charge in [0, 0.05) is 16.9 Å². The Hall–Kier alpha value is -2.95. The van der Waals surface area contributed by atoms with Crippen molar-refractivity contribution in [2.75, 3.05) is 0 Å². The van der Waals surface area contributed by atoms with Gasteiger partial charge in [0.05, 0.1) is 18.4 Å². The quantitative estimate of drug-likeness (QED) is 0.576. The number of nitrogens with zero attached hydrogens (tertiary/aromatic N) is 3. The van der Waals surface area contributed by atoms with Gasteiger partial charge in [-0.15, -0.1) is 0 Å². The van der Waals surface area contributed by atoms with Crippen molar-refractivity contribution in [3.63, 3.8) is 0 Å². The first-order chi connectivity index (χ1) is 11.8. The number of hydrogen-bond donors (Lipinski definition) is 0. The minimum Gasteiger partial charge on any atom is -0.464 e. The first kappa shape index (κ1) is 13.5. The molecule has 1 fully saturated rings. The van der Waals surface area contributed by atoms with Gasteiger partial charge in [-0.3, -0.25) is 4.79 Å². The first-order valence-corrected chi connectivity index (χ1v) is 8.13. The summed E-state index contributed by atoms with van der Waals surface area (Å²) in [5, 5.41) is 5.62. The van der Waals surface area contributed by atoms with Crippen LogP contribution in [0.1, 0.15) is 18.7 Å². The number of hydrogen-bond acceptors (Lipinski definition) is 4. The van der Waals surface area contributed by atoms with Gasteiger partial charge in [-0.2, -0.15) is 5.10 Å². The summed E-state index contributed by atoms with van der Waals surface area (Å²) in [5.41, 5.74) is 3.62. The second-order valence-corrected chi connectivity index (χ2v) is 6.30. The molecule has 0 N–H and O–H groups in total. The van der Waals surface area contributed by atoms with E-state index in [1.807, 2.05) is 40.9 Å². The van der Waals surface area contributed by atoms with Gasteiger partial charge in [-0.05, 0) is 49.2 Å². The molecule has 5 heteroatoms. The van der Waals surface area contributed by atoms with Crippen molar-refractivity contribution in [1.82, 2.24) is 14.6 Å². The van der Waals surface area contributed by atoms with Crippen molar-refractivity contribution in [2.45, 2.75) is 19.3 Å². The van der Waals surface area contributed by atoms with E-state index in [4.69, 9.17) is 4.42 Å². The van der Waals surface area contributed by atoms with Crippen molar-refractivity contribution >= 4 is 22.4 Å². The van der Waals surface area contributed by atoms with Crippen LogP contribution in [0.5, 0.6) is 0 Å². The molecule has 0 unspecified atom stereocenters. The Morgan fingerprint density at radius 3 is 3.00 bits per heavy atom. The van der Waals surface area contributed by atoms with Crippen molar-refractivity contribution in [3.05, 3.63) is 54.6 Å². The van der Waals surface area contributed by atoms with Crippen LogP contribution in [-0.2, 0) is 11.2 Å². The fourth-order valence-corrected chi connectivity index (χ4v) is 3.07. The van der Waals surface area contributed by atoms with E-state index in [9.17, 15) is 4.79 Å². The molecule has 1 aliphatic rings. The molecule has 0 spiro atoms. The standard InChI is InChI=1S/C19H15N3O2/c23-16(12-4-5-12)11-18-20-19-3-1-2-15(22(19)21-18)13-6-7-17-14(10-13)8-9-24-17/h1-3,6-10,12H,4-5,11H2. The normalized spacial score (nSPS) is 14.5. The Morgan fingerprint density at radius 1 is 1.21 bits per heavy atom. The Bertz CT molecular complexity index is 1070. The van der Waals surface area contributed by atoms with Crippen LogP contribution in [0, 0.1) is 5.92 Å². The number of ketones is 1. The molecule has 1 aromatic carbocycles. The maximum atomic E-state index is 12.0. The van der Waals surface area contributed by atoms with Crippen molar-refractivity contribution < 1.29 is 9.21 Å². The van der Waals surface area contributed by atoms with Crippen LogP contribution in [0.3, 0.4) is 0 Å². The van der Waals surface area contributed by atoms with E-state index in [2.05, 4.69) is 16.1 Å². The van der Waals surface area contributed by atoms with E-state index in [0.717, 1.165) is 40.7 Å². The van der Waals surface area contributed by atoms with Crippen molar-refractivity contribution in [3.8, 4) is 11.3 Å². The van der Waals surface area contributed by atoms with Crippen LogP contribution in [0.25, 0.3) is 27.9 Å². The van der Waals surface area contributed by atoms with Crippen LogP contribution in [0.15, 0.2) is 53.1 Å². The third-order valence-electron chi connectivity index (χ3n) is 4.52. The van der Waals surface area contributed by atoms with E-state index in [0.29, 0.717) is 12.2 Å². The number of benzene rings is 1. The van der Waals surface area contributed by atoms with E-state index in [1.54, 1.807) is 6.26 Å². The summed E-state index contributed by atoms with van der Waals surface area (Å²) < 4.78 is 7.22. The third kappa shape index (κ3) is 2.21. The lowest BCUT2D eigenvalue weighted by molar-refractivity contribution is -0.119. The fourth-order valence-electron chi connectivity index (χ4n) is 3.07. The molecular weight excluding hydrogens is 302 g/mol. The maximum Gasteiger partial charge on any atom is 0.159 e. The predicted octanol–water partition coefficient (Wildman–Crippen LogP) is 3.66. The Morgan fingerprint density at radius 2 is 2.12 bits per heavy atom. The van der Waals surface area contributed by atoms with Crippen LogP contribution in [0.2, 0.25) is 0 Å². The molecule has 118 valence electrons. The number of rotatable bonds is 4. The van der Waals surface area contributed by atoms with Gasteiger partial charge in [-0.25, -0.2) is 9.50 Å². The topological polar surface area (TPSA) is 60.4 Å². The largest absolute Gasteiger partial charge is 0.464 e. The molecule has 0 saturated heterocycles. The highest BCUT2D eigenvalue weighted by atomic mass is 16.3. The van der Waals surface area contributed by atoms with E-state index < -0.39 is 0 Å². The average molecular weight is 317 g/mol. The zero-order valence-corrected chi connectivity index (χ0v) is 13.0. The summed E-state index contributed by atoms with van der Waals surface area (Å²) >= 11 is 0. The number of fused-ring (bicyclic) bond motifs is 2. The highest BCUT2D eigenvalue weighted by Crippen LogP contribution is 2.31. The van der Waals surface area contributed by atoms with Crippen LogP contribution >= 0.6 is 0 Å². The smallest absolute Gasteiger partial charge is 0.159 e. The molecule has 1 saturated carbocycles. The number of carbonyl (C=O) groups excluding carboxylic acids is 1. The number of pyridine rings is 1. The van der Waals surface area contributed by atoms with Crippen LogP contribution in [0.4, 0.5) is 0 Å². The van der Waals surface area contributed by atoms with Gasteiger partial charge in [0.1, 0.15) is 11.4 Å². The van der Waals surface area contributed by atoms with Gasteiger partial charge in [0.15, 0.2) is 11.5 Å². The lowest BCUT2D eigenvalue weighted by atomic mass is 10.1. The molecule has 3 aromatic heterocycles.